The van der Waals surface area contributed by atoms with Gasteiger partial charge >= 0.3 is 0 Å². The minimum absolute atomic E-state index is 0.286. The monoisotopic (exact) mass is 223 g/mol. The van der Waals surface area contributed by atoms with Crippen LogP contribution in [0.4, 0.5) is 0 Å². The van der Waals surface area contributed by atoms with Gasteiger partial charge in [-0.15, -0.1) is 0 Å². The minimum Gasteiger partial charge on any atom is -0.468 e. The van der Waals surface area contributed by atoms with Crippen LogP contribution in [0, 0.1) is 5.92 Å². The van der Waals surface area contributed by atoms with Gasteiger partial charge in [0.1, 0.15) is 5.76 Å². The van der Waals surface area contributed by atoms with Crippen LogP contribution in [-0.2, 0) is 11.3 Å². The van der Waals surface area contributed by atoms with Gasteiger partial charge in [0.2, 0.25) is 0 Å². The van der Waals surface area contributed by atoms with Gasteiger partial charge in [0.15, 0.2) is 0 Å². The first kappa shape index (κ1) is 11.7. The van der Waals surface area contributed by atoms with Crippen LogP contribution in [0.25, 0.3) is 0 Å². The first-order valence-corrected chi connectivity index (χ1v) is 6.19. The molecule has 0 radical (unpaired) electrons. The van der Waals surface area contributed by atoms with E-state index in [-0.39, 0.29) is 6.10 Å². The number of nitrogens with one attached hydrogen (secondary N) is 1. The van der Waals surface area contributed by atoms with Crippen molar-refractivity contribution in [1.29, 1.82) is 0 Å². The molecule has 3 heteroatoms. The van der Waals surface area contributed by atoms with Crippen molar-refractivity contribution in [3.05, 3.63) is 24.2 Å². The SMILES string of the molecule is CC(CNCc1ccco1)OCCC1CC1. The maximum absolute atomic E-state index is 5.72. The summed E-state index contributed by atoms with van der Waals surface area (Å²) in [6, 6.07) is 3.89. The number of rotatable bonds is 8. The van der Waals surface area contributed by atoms with Gasteiger partial charge in [-0.05, 0) is 31.4 Å². The van der Waals surface area contributed by atoms with E-state index in [2.05, 4.69) is 12.2 Å². The summed E-state index contributed by atoms with van der Waals surface area (Å²) in [6.45, 7) is 4.69. The Morgan fingerprint density at radius 3 is 3.12 bits per heavy atom. The zero-order chi connectivity index (χ0) is 11.2. The first-order valence-electron chi connectivity index (χ1n) is 6.19. The molecule has 1 N–H and O–H groups in total. The molecule has 1 aromatic heterocycles. The molecule has 90 valence electrons. The Morgan fingerprint density at radius 2 is 2.44 bits per heavy atom. The Kier molecular flexibility index (Phi) is 4.43. The van der Waals surface area contributed by atoms with E-state index in [1.54, 1.807) is 6.26 Å². The number of hydrogen-bond acceptors (Lipinski definition) is 3. The van der Waals surface area contributed by atoms with Crippen molar-refractivity contribution in [2.75, 3.05) is 13.2 Å². The first-order chi connectivity index (χ1) is 7.84. The van der Waals surface area contributed by atoms with Gasteiger partial charge in [-0.1, -0.05) is 12.8 Å². The van der Waals surface area contributed by atoms with Gasteiger partial charge in [-0.3, -0.25) is 0 Å². The Hall–Kier alpha value is -0.800. The Labute approximate surface area is 97.2 Å². The lowest BCUT2D eigenvalue weighted by atomic mass is 10.3. The average Bonchev–Trinajstić information content (AvgIpc) is 2.94. The third-order valence-corrected chi connectivity index (χ3v) is 2.94. The molecule has 0 amide bonds. The van der Waals surface area contributed by atoms with Crippen molar-refractivity contribution in [2.45, 2.75) is 38.8 Å². The molecule has 1 aromatic rings. The van der Waals surface area contributed by atoms with Crippen molar-refractivity contribution in [3.8, 4) is 0 Å². The molecule has 2 rings (SSSR count). The summed E-state index contributed by atoms with van der Waals surface area (Å²) in [5, 5.41) is 3.32. The molecule has 1 fully saturated rings. The maximum atomic E-state index is 5.72. The smallest absolute Gasteiger partial charge is 0.117 e. The van der Waals surface area contributed by atoms with Crippen LogP contribution in [0.3, 0.4) is 0 Å². The Morgan fingerprint density at radius 1 is 1.56 bits per heavy atom. The molecule has 1 aliphatic rings. The normalized spacial score (nSPS) is 17.6. The summed E-state index contributed by atoms with van der Waals surface area (Å²) in [6.07, 6.45) is 6.05. The molecule has 1 aliphatic carbocycles. The molecule has 16 heavy (non-hydrogen) atoms. The highest BCUT2D eigenvalue weighted by Crippen LogP contribution is 2.32. The highest BCUT2D eigenvalue weighted by molar-refractivity contribution is 4.97. The summed E-state index contributed by atoms with van der Waals surface area (Å²) >= 11 is 0. The fraction of sp³-hybridized carbons (Fsp3) is 0.692. The van der Waals surface area contributed by atoms with E-state index in [9.17, 15) is 0 Å². The van der Waals surface area contributed by atoms with Crippen LogP contribution in [-0.4, -0.2) is 19.3 Å². The third-order valence-electron chi connectivity index (χ3n) is 2.94. The lowest BCUT2D eigenvalue weighted by Crippen LogP contribution is -2.26. The summed E-state index contributed by atoms with van der Waals surface area (Å²) in [7, 11) is 0. The Bertz CT molecular complexity index is 280. The zero-order valence-corrected chi connectivity index (χ0v) is 9.95. The van der Waals surface area contributed by atoms with Crippen molar-refractivity contribution in [3.63, 3.8) is 0 Å². The molecule has 0 aromatic carbocycles. The molecule has 1 unspecified atom stereocenters. The highest BCUT2D eigenvalue weighted by atomic mass is 16.5. The summed E-state index contributed by atoms with van der Waals surface area (Å²) in [5.41, 5.74) is 0. The molecule has 1 heterocycles. The topological polar surface area (TPSA) is 34.4 Å². The van der Waals surface area contributed by atoms with Crippen molar-refractivity contribution >= 4 is 0 Å². The van der Waals surface area contributed by atoms with E-state index in [4.69, 9.17) is 9.15 Å². The second-order valence-electron chi connectivity index (χ2n) is 4.62. The van der Waals surface area contributed by atoms with Gasteiger partial charge in [-0.2, -0.15) is 0 Å². The number of ether oxygens (including phenoxy) is 1. The molecule has 0 aliphatic heterocycles. The minimum atomic E-state index is 0.286. The second-order valence-corrected chi connectivity index (χ2v) is 4.62. The van der Waals surface area contributed by atoms with E-state index in [1.807, 2.05) is 12.1 Å². The molecule has 0 saturated heterocycles. The van der Waals surface area contributed by atoms with Crippen LogP contribution < -0.4 is 5.32 Å². The lowest BCUT2D eigenvalue weighted by molar-refractivity contribution is 0.0613. The summed E-state index contributed by atoms with van der Waals surface area (Å²) in [4.78, 5) is 0. The van der Waals surface area contributed by atoms with Crippen LogP contribution in [0.15, 0.2) is 22.8 Å². The van der Waals surface area contributed by atoms with Gasteiger partial charge < -0.3 is 14.5 Å². The van der Waals surface area contributed by atoms with E-state index in [1.165, 1.54) is 19.3 Å². The van der Waals surface area contributed by atoms with Gasteiger partial charge in [-0.25, -0.2) is 0 Å². The standard InChI is InChI=1S/C13H21NO2/c1-11(15-8-6-12-4-5-12)9-14-10-13-3-2-7-16-13/h2-3,7,11-12,14H,4-6,8-10H2,1H3. The highest BCUT2D eigenvalue weighted by Gasteiger charge is 2.20. The molecular weight excluding hydrogens is 202 g/mol. The quantitative estimate of drug-likeness (QED) is 0.735. The van der Waals surface area contributed by atoms with Crippen molar-refractivity contribution in [1.82, 2.24) is 5.32 Å². The summed E-state index contributed by atoms with van der Waals surface area (Å²) in [5.74, 6) is 1.94. The van der Waals surface area contributed by atoms with Crippen LogP contribution in [0.1, 0.15) is 31.9 Å². The largest absolute Gasteiger partial charge is 0.468 e. The maximum Gasteiger partial charge on any atom is 0.117 e. The lowest BCUT2D eigenvalue weighted by Gasteiger charge is -2.13. The predicted octanol–water partition coefficient (Wildman–Crippen LogP) is 2.57. The third kappa shape index (κ3) is 4.37. The van der Waals surface area contributed by atoms with Gasteiger partial charge in [0.25, 0.3) is 0 Å². The fourth-order valence-corrected chi connectivity index (χ4v) is 1.71. The van der Waals surface area contributed by atoms with E-state index in [0.717, 1.165) is 31.4 Å². The molecule has 1 saturated carbocycles. The molecular formula is C13H21NO2. The van der Waals surface area contributed by atoms with Crippen LogP contribution >= 0.6 is 0 Å². The fourth-order valence-electron chi connectivity index (χ4n) is 1.71. The Balaban J connectivity index is 1.48. The number of furan rings is 1. The van der Waals surface area contributed by atoms with E-state index >= 15 is 0 Å². The van der Waals surface area contributed by atoms with Crippen LogP contribution in [0.5, 0.6) is 0 Å². The molecule has 3 nitrogen and oxygen atoms in total. The van der Waals surface area contributed by atoms with E-state index < -0.39 is 0 Å². The molecule has 1 atom stereocenters. The van der Waals surface area contributed by atoms with Crippen LogP contribution in [0.2, 0.25) is 0 Å². The molecule has 0 bridgehead atoms. The predicted molar refractivity (Wildman–Crippen MR) is 63.2 cm³/mol. The van der Waals surface area contributed by atoms with E-state index in [0.29, 0.717) is 0 Å². The van der Waals surface area contributed by atoms with Gasteiger partial charge in [0, 0.05) is 13.2 Å². The van der Waals surface area contributed by atoms with Crippen molar-refractivity contribution < 1.29 is 9.15 Å². The second kappa shape index (κ2) is 6.06. The number of hydrogen-bond donors (Lipinski definition) is 1. The molecule has 0 spiro atoms. The summed E-state index contributed by atoms with van der Waals surface area (Å²) < 4.78 is 11.0. The zero-order valence-electron chi connectivity index (χ0n) is 9.95. The van der Waals surface area contributed by atoms with Crippen molar-refractivity contribution in [2.24, 2.45) is 5.92 Å². The average molecular weight is 223 g/mol. The van der Waals surface area contributed by atoms with Gasteiger partial charge in [0.05, 0.1) is 18.9 Å².